The van der Waals surface area contributed by atoms with Crippen LogP contribution in [0.3, 0.4) is 0 Å². The van der Waals surface area contributed by atoms with Gasteiger partial charge >= 0.3 is 0 Å². The van der Waals surface area contributed by atoms with Gasteiger partial charge in [-0.1, -0.05) is 12.1 Å². The van der Waals surface area contributed by atoms with Crippen molar-refractivity contribution in [1.29, 1.82) is 0 Å². The molecular weight excluding hydrogens is 329 g/mol. The number of aliphatic hydroxyl groups is 1. The summed E-state index contributed by atoms with van der Waals surface area (Å²) in [5.41, 5.74) is 7.31. The van der Waals surface area contributed by atoms with Gasteiger partial charge in [-0.3, -0.25) is 10.2 Å². The Hall–Kier alpha value is -1.15. The minimum Gasteiger partial charge on any atom is -0.394 e. The molecule has 0 aliphatic carbocycles. The van der Waals surface area contributed by atoms with Gasteiger partial charge in [0.05, 0.1) is 18.7 Å². The molecule has 0 spiro atoms. The number of benzene rings is 1. The van der Waals surface area contributed by atoms with Crippen LogP contribution in [0.2, 0.25) is 0 Å². The summed E-state index contributed by atoms with van der Waals surface area (Å²) in [4.78, 5) is 12.4. The van der Waals surface area contributed by atoms with E-state index >= 15 is 0 Å². The van der Waals surface area contributed by atoms with E-state index in [1.807, 2.05) is 13.2 Å². The van der Waals surface area contributed by atoms with Gasteiger partial charge in [0.2, 0.25) is 5.91 Å². The minimum atomic E-state index is -0.272. The molecule has 4 atom stereocenters. The van der Waals surface area contributed by atoms with Crippen molar-refractivity contribution in [2.75, 3.05) is 18.6 Å². The minimum absolute atomic E-state index is 0.0508. The van der Waals surface area contributed by atoms with E-state index < -0.39 is 0 Å². The molecule has 134 valence electrons. The van der Waals surface area contributed by atoms with Gasteiger partial charge in [-0.15, -0.1) is 0 Å². The fourth-order valence-corrected chi connectivity index (χ4v) is 3.51. The second-order valence-corrected chi connectivity index (χ2v) is 7.19. The largest absolute Gasteiger partial charge is 0.394 e. The van der Waals surface area contributed by atoms with Crippen molar-refractivity contribution in [3.63, 3.8) is 0 Å². The van der Waals surface area contributed by atoms with Crippen molar-refractivity contribution >= 4 is 17.7 Å². The van der Waals surface area contributed by atoms with E-state index in [1.165, 1.54) is 12.1 Å². The monoisotopic (exact) mass is 355 g/mol. The smallest absolute Gasteiger partial charge is 0.220 e. The number of nitrogens with one attached hydrogen (secondary N) is 3. The molecule has 1 aromatic carbocycles. The van der Waals surface area contributed by atoms with Crippen LogP contribution in [0.1, 0.15) is 31.4 Å². The van der Waals surface area contributed by atoms with Gasteiger partial charge in [-0.25, -0.2) is 9.82 Å². The number of thioether (sulfide) groups is 1. The highest BCUT2D eigenvalue weighted by atomic mass is 32.2. The third-order valence-electron chi connectivity index (χ3n) is 4.44. The lowest BCUT2D eigenvalue weighted by molar-refractivity contribution is -0.123. The number of carbonyl (C=O) groups is 1. The molecule has 1 amide bonds. The fraction of sp³-hybridized carbons (Fsp3) is 0.588. The summed E-state index contributed by atoms with van der Waals surface area (Å²) in [7, 11) is 0. The molecule has 2 rings (SSSR count). The maximum atomic E-state index is 13.1. The molecule has 1 aliphatic rings. The SMILES string of the molecule is CSCC[C@H](CO)NC(=O)CC1C(C)NNC1c1ccc(F)cc1. The number of hydrogen-bond donors (Lipinski definition) is 4. The zero-order valence-corrected chi connectivity index (χ0v) is 14.9. The maximum absolute atomic E-state index is 13.1. The van der Waals surface area contributed by atoms with Gasteiger partial charge in [0.25, 0.3) is 0 Å². The molecule has 7 heteroatoms. The summed E-state index contributed by atoms with van der Waals surface area (Å²) in [6.45, 7) is 1.97. The van der Waals surface area contributed by atoms with E-state index in [2.05, 4.69) is 16.2 Å². The van der Waals surface area contributed by atoms with Gasteiger partial charge < -0.3 is 10.4 Å². The molecule has 3 unspecified atom stereocenters. The summed E-state index contributed by atoms with van der Waals surface area (Å²) >= 11 is 1.69. The van der Waals surface area contributed by atoms with Crippen LogP contribution in [0.4, 0.5) is 4.39 Å². The Morgan fingerprint density at radius 1 is 1.38 bits per heavy atom. The molecule has 0 bridgehead atoms. The molecule has 1 heterocycles. The van der Waals surface area contributed by atoms with Crippen LogP contribution in [0.5, 0.6) is 0 Å². The Balaban J connectivity index is 1.97. The third kappa shape index (κ3) is 5.17. The molecule has 0 radical (unpaired) electrons. The molecule has 1 aliphatic heterocycles. The average molecular weight is 355 g/mol. The first-order valence-electron chi connectivity index (χ1n) is 8.20. The Morgan fingerprint density at radius 3 is 2.71 bits per heavy atom. The summed E-state index contributed by atoms with van der Waals surface area (Å²) in [6.07, 6.45) is 3.10. The molecule has 5 nitrogen and oxygen atoms in total. The molecule has 1 aromatic rings. The van der Waals surface area contributed by atoms with E-state index in [-0.39, 0.29) is 42.4 Å². The van der Waals surface area contributed by atoms with E-state index in [9.17, 15) is 14.3 Å². The Morgan fingerprint density at radius 2 is 2.08 bits per heavy atom. The Bertz CT molecular complexity index is 529. The van der Waals surface area contributed by atoms with Crippen molar-refractivity contribution < 1.29 is 14.3 Å². The van der Waals surface area contributed by atoms with Gasteiger partial charge in [-0.2, -0.15) is 11.8 Å². The van der Waals surface area contributed by atoms with Crippen molar-refractivity contribution in [1.82, 2.24) is 16.2 Å². The van der Waals surface area contributed by atoms with E-state index in [4.69, 9.17) is 0 Å². The number of hydrogen-bond acceptors (Lipinski definition) is 5. The molecule has 1 saturated heterocycles. The van der Waals surface area contributed by atoms with Crippen LogP contribution in [0.25, 0.3) is 0 Å². The zero-order valence-electron chi connectivity index (χ0n) is 14.1. The lowest BCUT2D eigenvalue weighted by Crippen LogP contribution is -2.40. The molecular formula is C17H26FN3O2S. The second kappa shape index (κ2) is 9.36. The van der Waals surface area contributed by atoms with E-state index in [0.717, 1.165) is 17.7 Å². The lowest BCUT2D eigenvalue weighted by Gasteiger charge is -2.23. The molecule has 4 N–H and O–H groups in total. The summed E-state index contributed by atoms with van der Waals surface area (Å²) in [5.74, 6) is 0.610. The Kier molecular flexibility index (Phi) is 7.48. The summed E-state index contributed by atoms with van der Waals surface area (Å²) in [6, 6.07) is 6.21. The van der Waals surface area contributed by atoms with Gasteiger partial charge in [0.15, 0.2) is 0 Å². The van der Waals surface area contributed by atoms with Gasteiger partial charge in [0, 0.05) is 18.4 Å². The van der Waals surface area contributed by atoms with Gasteiger partial charge in [0.1, 0.15) is 5.82 Å². The van der Waals surface area contributed by atoms with Crippen LogP contribution in [0, 0.1) is 11.7 Å². The predicted octanol–water partition coefficient (Wildman–Crippen LogP) is 1.60. The second-order valence-electron chi connectivity index (χ2n) is 6.20. The van der Waals surface area contributed by atoms with Crippen molar-refractivity contribution in [2.24, 2.45) is 5.92 Å². The third-order valence-corrected chi connectivity index (χ3v) is 5.09. The topological polar surface area (TPSA) is 73.4 Å². The molecule has 24 heavy (non-hydrogen) atoms. The standard InChI is InChI=1S/C17H26FN3O2S/c1-11-15(9-16(23)19-14(10-22)7-8-24-2)17(21-20-11)12-3-5-13(18)6-4-12/h3-6,11,14-15,17,20-22H,7-10H2,1-2H3,(H,19,23)/t11?,14-,15?,17?/m1/s1. The van der Waals surface area contributed by atoms with E-state index in [1.54, 1.807) is 23.9 Å². The van der Waals surface area contributed by atoms with Crippen LogP contribution in [-0.2, 0) is 4.79 Å². The lowest BCUT2D eigenvalue weighted by atomic mass is 9.87. The number of carbonyl (C=O) groups excluding carboxylic acids is 1. The average Bonchev–Trinajstić information content (AvgIpc) is 2.93. The highest BCUT2D eigenvalue weighted by Gasteiger charge is 2.35. The highest BCUT2D eigenvalue weighted by Crippen LogP contribution is 2.31. The zero-order chi connectivity index (χ0) is 17.5. The number of halogens is 1. The predicted molar refractivity (Wildman–Crippen MR) is 95.0 cm³/mol. The number of hydrazine groups is 1. The quantitative estimate of drug-likeness (QED) is 0.570. The van der Waals surface area contributed by atoms with Crippen LogP contribution >= 0.6 is 11.8 Å². The van der Waals surface area contributed by atoms with Gasteiger partial charge in [-0.05, 0) is 43.0 Å². The first-order chi connectivity index (χ1) is 11.5. The Labute approximate surface area is 146 Å². The number of amides is 1. The van der Waals surface area contributed by atoms with Crippen LogP contribution in [0.15, 0.2) is 24.3 Å². The highest BCUT2D eigenvalue weighted by molar-refractivity contribution is 7.98. The number of aliphatic hydroxyl groups excluding tert-OH is 1. The normalized spacial score (nSPS) is 24.8. The van der Waals surface area contributed by atoms with Crippen molar-refractivity contribution in [2.45, 2.75) is 37.9 Å². The summed E-state index contributed by atoms with van der Waals surface area (Å²) in [5, 5.41) is 12.3. The molecule has 0 aromatic heterocycles. The number of rotatable bonds is 8. The summed E-state index contributed by atoms with van der Waals surface area (Å²) < 4.78 is 13.1. The van der Waals surface area contributed by atoms with Crippen molar-refractivity contribution in [3.05, 3.63) is 35.6 Å². The maximum Gasteiger partial charge on any atom is 0.220 e. The molecule has 0 saturated carbocycles. The van der Waals surface area contributed by atoms with Crippen molar-refractivity contribution in [3.8, 4) is 0 Å². The van der Waals surface area contributed by atoms with Crippen LogP contribution in [-0.4, -0.2) is 41.7 Å². The van der Waals surface area contributed by atoms with E-state index in [0.29, 0.717) is 6.42 Å². The molecule has 1 fully saturated rings. The first-order valence-corrected chi connectivity index (χ1v) is 9.60. The first kappa shape index (κ1) is 19.2. The van der Waals surface area contributed by atoms with Crippen LogP contribution < -0.4 is 16.2 Å². The fourth-order valence-electron chi connectivity index (χ4n) is 2.99.